The number of hydrogen-bond acceptors (Lipinski definition) is 7. The van der Waals surface area contributed by atoms with Crippen LogP contribution in [0.1, 0.15) is 37.9 Å². The van der Waals surface area contributed by atoms with Crippen molar-refractivity contribution in [2.75, 3.05) is 20.3 Å². The molecule has 0 fully saturated rings. The van der Waals surface area contributed by atoms with E-state index >= 15 is 0 Å². The van der Waals surface area contributed by atoms with Gasteiger partial charge in [-0.15, -0.1) is 0 Å². The molecule has 0 saturated heterocycles. The van der Waals surface area contributed by atoms with Crippen LogP contribution in [0.15, 0.2) is 57.5 Å². The van der Waals surface area contributed by atoms with E-state index < -0.39 is 12.0 Å². The Morgan fingerprint density at radius 1 is 1.19 bits per heavy atom. The number of fused-ring (bicyclic) bond motifs is 1. The Kier molecular flexibility index (Phi) is 7.88. The Balaban J connectivity index is 2.03. The van der Waals surface area contributed by atoms with Gasteiger partial charge in [0, 0.05) is 15.6 Å². The molecule has 0 amide bonds. The van der Waals surface area contributed by atoms with Crippen LogP contribution >= 0.6 is 34.5 Å². The summed E-state index contributed by atoms with van der Waals surface area (Å²) in [7, 11) is 1.54. The predicted octanol–water partition coefficient (Wildman–Crippen LogP) is 4.51. The number of halogens is 2. The third-order valence-electron chi connectivity index (χ3n) is 5.58. The van der Waals surface area contributed by atoms with Gasteiger partial charge in [0.05, 0.1) is 36.1 Å². The minimum atomic E-state index is -0.834. The minimum Gasteiger partial charge on any atom is -0.493 e. The number of methoxy groups -OCH3 is 1. The van der Waals surface area contributed by atoms with Gasteiger partial charge < -0.3 is 14.2 Å². The fourth-order valence-electron chi connectivity index (χ4n) is 4.05. The zero-order valence-corrected chi connectivity index (χ0v) is 22.5. The van der Waals surface area contributed by atoms with Crippen LogP contribution in [0.5, 0.6) is 11.5 Å². The monoisotopic (exact) mass is 546 g/mol. The average molecular weight is 547 g/mol. The highest BCUT2D eigenvalue weighted by molar-refractivity contribution is 7.07. The molecule has 7 nitrogen and oxygen atoms in total. The largest absolute Gasteiger partial charge is 0.493 e. The van der Waals surface area contributed by atoms with Gasteiger partial charge in [-0.2, -0.15) is 0 Å². The molecule has 0 spiro atoms. The lowest BCUT2D eigenvalue weighted by molar-refractivity contribution is -0.139. The molecule has 188 valence electrons. The fraction of sp³-hybridized carbons (Fsp3) is 0.269. The molecule has 0 N–H and O–H groups in total. The molecule has 1 aliphatic heterocycles. The van der Waals surface area contributed by atoms with Crippen molar-refractivity contribution in [2.24, 2.45) is 4.99 Å². The first-order valence-electron chi connectivity index (χ1n) is 11.2. The van der Waals surface area contributed by atoms with E-state index in [1.165, 1.54) is 23.0 Å². The maximum atomic E-state index is 13.8. The lowest BCUT2D eigenvalue weighted by Crippen LogP contribution is -2.40. The molecule has 2 heterocycles. The van der Waals surface area contributed by atoms with Crippen molar-refractivity contribution >= 4 is 46.6 Å². The molecule has 1 aliphatic rings. The van der Waals surface area contributed by atoms with E-state index in [2.05, 4.69) is 4.99 Å². The third kappa shape index (κ3) is 4.81. The highest BCUT2D eigenvalue weighted by Gasteiger charge is 2.36. The number of carbonyl (C=O) groups excluding carboxylic acids is 1. The molecule has 0 bridgehead atoms. The Morgan fingerprint density at radius 2 is 1.97 bits per heavy atom. The molecule has 3 aromatic rings. The number of nitrogens with zero attached hydrogens (tertiary/aromatic N) is 2. The summed E-state index contributed by atoms with van der Waals surface area (Å²) < 4.78 is 18.7. The molecule has 0 aliphatic carbocycles. The van der Waals surface area contributed by atoms with Gasteiger partial charge in [-0.25, -0.2) is 9.79 Å². The van der Waals surface area contributed by atoms with E-state index in [1.54, 1.807) is 50.3 Å². The Labute approximate surface area is 221 Å². The van der Waals surface area contributed by atoms with Gasteiger partial charge in [0.25, 0.3) is 5.56 Å². The first-order chi connectivity index (χ1) is 17.3. The molecule has 0 radical (unpaired) electrons. The quantitative estimate of drug-likeness (QED) is 0.407. The van der Waals surface area contributed by atoms with Crippen LogP contribution in [0.3, 0.4) is 0 Å². The summed E-state index contributed by atoms with van der Waals surface area (Å²) in [5.41, 5.74) is 1.62. The second-order valence-corrected chi connectivity index (χ2v) is 9.63. The first-order valence-corrected chi connectivity index (χ1v) is 12.8. The van der Waals surface area contributed by atoms with Gasteiger partial charge in [-0.1, -0.05) is 52.7 Å². The molecule has 1 aromatic heterocycles. The lowest BCUT2D eigenvalue weighted by Gasteiger charge is -2.26. The van der Waals surface area contributed by atoms with Crippen LogP contribution in [-0.2, 0) is 9.53 Å². The highest BCUT2D eigenvalue weighted by atomic mass is 35.5. The van der Waals surface area contributed by atoms with Crippen molar-refractivity contribution in [3.8, 4) is 11.5 Å². The molecule has 10 heteroatoms. The summed E-state index contributed by atoms with van der Waals surface area (Å²) in [5, 5.41) is 0.912. The van der Waals surface area contributed by atoms with Crippen LogP contribution < -0.4 is 24.4 Å². The highest BCUT2D eigenvalue weighted by Crippen LogP contribution is 2.40. The van der Waals surface area contributed by atoms with E-state index in [1.807, 2.05) is 13.0 Å². The number of carbonyl (C=O) groups is 1. The van der Waals surface area contributed by atoms with Gasteiger partial charge in [-0.3, -0.25) is 9.36 Å². The number of benzene rings is 2. The molecule has 36 heavy (non-hydrogen) atoms. The molecular weight excluding hydrogens is 523 g/mol. The SMILES string of the molecule is CCOC(=O)C1=C(C)N=c2s/c(=C/c3ccc(Cl)cc3Cl)c(=O)n2[C@@H]1c1cccc(OC)c1OCC. The van der Waals surface area contributed by atoms with Crippen LogP contribution in [0.2, 0.25) is 10.0 Å². The molecular formula is C26H24Cl2N2O5S. The summed E-state index contributed by atoms with van der Waals surface area (Å²) in [6, 6.07) is 9.59. The van der Waals surface area contributed by atoms with E-state index in [9.17, 15) is 9.59 Å². The van der Waals surface area contributed by atoms with E-state index in [-0.39, 0.29) is 17.7 Å². The van der Waals surface area contributed by atoms with E-state index in [4.69, 9.17) is 37.4 Å². The maximum Gasteiger partial charge on any atom is 0.338 e. The van der Waals surface area contributed by atoms with Gasteiger partial charge in [-0.05, 0) is 50.6 Å². The van der Waals surface area contributed by atoms with E-state index in [0.29, 0.717) is 54.3 Å². The third-order valence-corrected chi connectivity index (χ3v) is 7.12. The van der Waals surface area contributed by atoms with Crippen LogP contribution in [0.25, 0.3) is 6.08 Å². The summed E-state index contributed by atoms with van der Waals surface area (Å²) >= 11 is 13.6. The van der Waals surface area contributed by atoms with Crippen molar-refractivity contribution in [1.82, 2.24) is 4.57 Å². The van der Waals surface area contributed by atoms with Gasteiger partial charge in [0.1, 0.15) is 6.04 Å². The smallest absolute Gasteiger partial charge is 0.338 e. The summed E-state index contributed by atoms with van der Waals surface area (Å²) in [5.74, 6) is 0.380. The lowest BCUT2D eigenvalue weighted by atomic mass is 9.94. The number of para-hydroxylation sites is 1. The van der Waals surface area contributed by atoms with Gasteiger partial charge in [0.15, 0.2) is 16.3 Å². The van der Waals surface area contributed by atoms with Crippen molar-refractivity contribution in [1.29, 1.82) is 0 Å². The number of rotatable bonds is 7. The zero-order valence-electron chi connectivity index (χ0n) is 20.1. The average Bonchev–Trinajstić information content (AvgIpc) is 3.15. The van der Waals surface area contributed by atoms with E-state index in [0.717, 1.165) is 0 Å². The number of aromatic nitrogens is 1. The zero-order chi connectivity index (χ0) is 26.0. The summed E-state index contributed by atoms with van der Waals surface area (Å²) in [6.45, 7) is 5.85. The van der Waals surface area contributed by atoms with Crippen molar-refractivity contribution in [3.63, 3.8) is 0 Å². The second kappa shape index (κ2) is 10.9. The van der Waals surface area contributed by atoms with Gasteiger partial charge in [0.2, 0.25) is 0 Å². The number of ether oxygens (including phenoxy) is 3. The molecule has 4 rings (SSSR count). The Hall–Kier alpha value is -3.07. The molecule has 0 saturated carbocycles. The molecule has 1 atom stereocenters. The number of thiazole rings is 1. The molecule has 0 unspecified atom stereocenters. The number of allylic oxidation sites excluding steroid dienone is 1. The first kappa shape index (κ1) is 26.0. The molecule has 2 aromatic carbocycles. The van der Waals surface area contributed by atoms with Crippen LogP contribution in [0, 0.1) is 0 Å². The Morgan fingerprint density at radius 3 is 2.64 bits per heavy atom. The Bertz CT molecular complexity index is 1540. The standard InChI is InChI=1S/C26H24Cl2N2O5S/c1-5-34-23-17(8-7-9-19(23)33-4)22-21(25(32)35-6-2)14(3)29-26-30(22)24(31)20(36-26)12-15-10-11-16(27)13-18(15)28/h7-13,22H,5-6H2,1-4H3/b20-12+/t22-/m1/s1. The fourth-order valence-corrected chi connectivity index (χ4v) is 5.55. The normalized spacial score (nSPS) is 15.4. The number of hydrogen-bond donors (Lipinski definition) is 0. The van der Waals surface area contributed by atoms with Crippen LogP contribution in [-0.4, -0.2) is 30.9 Å². The minimum absolute atomic E-state index is 0.179. The van der Waals surface area contributed by atoms with Crippen molar-refractivity contribution in [3.05, 3.63) is 88.5 Å². The van der Waals surface area contributed by atoms with Crippen molar-refractivity contribution in [2.45, 2.75) is 26.8 Å². The second-order valence-electron chi connectivity index (χ2n) is 7.78. The van der Waals surface area contributed by atoms with Gasteiger partial charge >= 0.3 is 5.97 Å². The summed E-state index contributed by atoms with van der Waals surface area (Å²) in [4.78, 5) is 32.0. The maximum absolute atomic E-state index is 13.8. The van der Waals surface area contributed by atoms with Crippen LogP contribution in [0.4, 0.5) is 0 Å². The van der Waals surface area contributed by atoms with Crippen molar-refractivity contribution < 1.29 is 19.0 Å². The summed E-state index contributed by atoms with van der Waals surface area (Å²) in [6.07, 6.45) is 1.69. The predicted molar refractivity (Wildman–Crippen MR) is 141 cm³/mol. The topological polar surface area (TPSA) is 79.1 Å². The number of esters is 1.